The van der Waals surface area contributed by atoms with Gasteiger partial charge >= 0.3 is 0 Å². The third-order valence-corrected chi connectivity index (χ3v) is 6.65. The number of aryl methyl sites for hydroxylation is 1. The third-order valence-electron chi connectivity index (χ3n) is 6.65. The summed E-state index contributed by atoms with van der Waals surface area (Å²) in [6.07, 6.45) is 11.4. The van der Waals surface area contributed by atoms with Gasteiger partial charge < -0.3 is 0 Å². The number of rotatable bonds is 3. The molecule has 0 spiro atoms. The quantitative estimate of drug-likeness (QED) is 0.577. The van der Waals surface area contributed by atoms with Gasteiger partial charge in [0.05, 0.1) is 0 Å². The van der Waals surface area contributed by atoms with Crippen LogP contribution in [0, 0.1) is 36.3 Å². The highest BCUT2D eigenvalue weighted by atomic mass is 19.2. The van der Waals surface area contributed by atoms with Crippen LogP contribution in [-0.2, 0) is 0 Å². The summed E-state index contributed by atoms with van der Waals surface area (Å²) in [5.74, 6) is 1.63. The smallest absolute Gasteiger partial charge is 0.162 e. The van der Waals surface area contributed by atoms with Gasteiger partial charge in [0.25, 0.3) is 0 Å². The van der Waals surface area contributed by atoms with Crippen molar-refractivity contribution < 1.29 is 8.78 Å². The van der Waals surface area contributed by atoms with E-state index in [0.29, 0.717) is 11.1 Å². The second-order valence-corrected chi connectivity index (χ2v) is 7.90. The van der Waals surface area contributed by atoms with Gasteiger partial charge in [0.1, 0.15) is 0 Å². The zero-order valence-electron chi connectivity index (χ0n) is 14.6. The maximum atomic E-state index is 14.2. The van der Waals surface area contributed by atoms with Crippen molar-refractivity contribution >= 4 is 0 Å². The Hall–Kier alpha value is -0.920. The summed E-state index contributed by atoms with van der Waals surface area (Å²) in [4.78, 5) is 0. The molecule has 0 amide bonds. The molecule has 0 saturated heterocycles. The van der Waals surface area contributed by atoms with E-state index < -0.39 is 11.6 Å². The van der Waals surface area contributed by atoms with Gasteiger partial charge in [-0.05, 0) is 80.2 Å². The lowest BCUT2D eigenvalue weighted by molar-refractivity contribution is 0.158. The van der Waals surface area contributed by atoms with Crippen molar-refractivity contribution in [3.05, 3.63) is 34.9 Å². The minimum absolute atomic E-state index is 0.216. The average molecular weight is 320 g/mol. The standard InChI is InChI=1S/C21H30F2/c1-3-15-5-7-16(8-6-15)17-9-11-18(12-10-17)19-13-4-14(2)20(22)21(19)23/h4,13,15-18H,3,5-12H2,1-2H3. The van der Waals surface area contributed by atoms with Gasteiger partial charge in [-0.1, -0.05) is 38.3 Å². The summed E-state index contributed by atoms with van der Waals surface area (Å²) in [5, 5.41) is 0. The molecular formula is C21H30F2. The van der Waals surface area contributed by atoms with Crippen LogP contribution in [0.3, 0.4) is 0 Å². The first kappa shape index (κ1) is 16.9. The summed E-state index contributed by atoms with van der Waals surface area (Å²) in [6.45, 7) is 3.94. The lowest BCUT2D eigenvalue weighted by Crippen LogP contribution is -2.25. The van der Waals surface area contributed by atoms with Crippen LogP contribution >= 0.6 is 0 Å². The Kier molecular flexibility index (Phi) is 5.38. The van der Waals surface area contributed by atoms with Crippen LogP contribution in [0.1, 0.15) is 81.8 Å². The molecule has 1 aromatic carbocycles. The average Bonchev–Trinajstić information content (AvgIpc) is 2.60. The summed E-state index contributed by atoms with van der Waals surface area (Å²) < 4.78 is 28.0. The molecule has 2 aliphatic carbocycles. The van der Waals surface area contributed by atoms with Crippen LogP contribution in [0.15, 0.2) is 12.1 Å². The van der Waals surface area contributed by atoms with Gasteiger partial charge in [0.15, 0.2) is 11.6 Å². The molecule has 0 bridgehead atoms. The van der Waals surface area contributed by atoms with Gasteiger partial charge in [-0.25, -0.2) is 8.78 Å². The van der Waals surface area contributed by atoms with Crippen LogP contribution < -0.4 is 0 Å². The van der Waals surface area contributed by atoms with Crippen LogP contribution in [0.2, 0.25) is 0 Å². The molecule has 3 rings (SSSR count). The molecule has 0 nitrogen and oxygen atoms in total. The molecule has 0 heterocycles. The zero-order valence-corrected chi connectivity index (χ0v) is 14.6. The van der Waals surface area contributed by atoms with Gasteiger partial charge in [0, 0.05) is 0 Å². The fourth-order valence-electron chi connectivity index (χ4n) is 4.95. The number of halogens is 2. The van der Waals surface area contributed by atoms with E-state index in [-0.39, 0.29) is 5.92 Å². The summed E-state index contributed by atoms with van der Waals surface area (Å²) in [6, 6.07) is 3.54. The Morgan fingerprint density at radius 3 is 1.96 bits per heavy atom. The minimum atomic E-state index is -0.650. The van der Waals surface area contributed by atoms with E-state index in [1.807, 2.05) is 6.07 Å². The Bertz CT molecular complexity index is 521. The van der Waals surface area contributed by atoms with Gasteiger partial charge in [-0.15, -0.1) is 0 Å². The van der Waals surface area contributed by atoms with Gasteiger partial charge in [-0.2, -0.15) is 0 Å². The van der Waals surface area contributed by atoms with Crippen molar-refractivity contribution in [1.29, 1.82) is 0 Å². The molecule has 0 N–H and O–H groups in total. The van der Waals surface area contributed by atoms with Crippen LogP contribution in [0.25, 0.3) is 0 Å². The van der Waals surface area contributed by atoms with Crippen molar-refractivity contribution in [3.8, 4) is 0 Å². The van der Waals surface area contributed by atoms with Crippen LogP contribution in [0.5, 0.6) is 0 Å². The fraction of sp³-hybridized carbons (Fsp3) is 0.714. The van der Waals surface area contributed by atoms with Crippen molar-refractivity contribution in [3.63, 3.8) is 0 Å². The highest BCUT2D eigenvalue weighted by Gasteiger charge is 2.32. The SMILES string of the molecule is CCC1CCC(C2CCC(c3ccc(C)c(F)c3F)CC2)CC1. The van der Waals surface area contributed by atoms with E-state index in [9.17, 15) is 8.78 Å². The van der Waals surface area contributed by atoms with E-state index in [2.05, 4.69) is 6.92 Å². The molecule has 2 fully saturated rings. The first-order valence-electron chi connectivity index (χ1n) is 9.54. The molecule has 128 valence electrons. The van der Waals surface area contributed by atoms with E-state index in [0.717, 1.165) is 30.6 Å². The normalized spacial score (nSPS) is 32.0. The summed E-state index contributed by atoms with van der Waals surface area (Å²) >= 11 is 0. The van der Waals surface area contributed by atoms with Crippen LogP contribution in [0.4, 0.5) is 8.78 Å². The Morgan fingerprint density at radius 1 is 0.826 bits per heavy atom. The predicted octanol–water partition coefficient (Wildman–Crippen LogP) is 6.76. The van der Waals surface area contributed by atoms with Crippen molar-refractivity contribution in [2.24, 2.45) is 17.8 Å². The zero-order chi connectivity index (χ0) is 16.4. The number of benzene rings is 1. The van der Waals surface area contributed by atoms with Gasteiger partial charge in [0.2, 0.25) is 0 Å². The Morgan fingerprint density at radius 2 is 1.39 bits per heavy atom. The first-order chi connectivity index (χ1) is 11.1. The highest BCUT2D eigenvalue weighted by molar-refractivity contribution is 5.28. The van der Waals surface area contributed by atoms with E-state index in [4.69, 9.17) is 0 Å². The first-order valence-corrected chi connectivity index (χ1v) is 9.54. The number of hydrogen-bond donors (Lipinski definition) is 0. The van der Waals surface area contributed by atoms with E-state index in [1.165, 1.54) is 44.9 Å². The Balaban J connectivity index is 1.58. The monoisotopic (exact) mass is 320 g/mol. The molecule has 0 aliphatic heterocycles. The summed E-state index contributed by atoms with van der Waals surface area (Å²) in [5.41, 5.74) is 1.02. The largest absolute Gasteiger partial charge is 0.203 e. The molecule has 1 aromatic rings. The highest BCUT2D eigenvalue weighted by Crippen LogP contribution is 2.44. The predicted molar refractivity (Wildman–Crippen MR) is 91.5 cm³/mol. The fourth-order valence-corrected chi connectivity index (χ4v) is 4.95. The maximum Gasteiger partial charge on any atom is 0.162 e. The van der Waals surface area contributed by atoms with E-state index >= 15 is 0 Å². The molecule has 2 saturated carbocycles. The molecule has 23 heavy (non-hydrogen) atoms. The van der Waals surface area contributed by atoms with Crippen molar-refractivity contribution in [2.45, 2.75) is 77.6 Å². The van der Waals surface area contributed by atoms with Crippen molar-refractivity contribution in [2.75, 3.05) is 0 Å². The topological polar surface area (TPSA) is 0 Å². The molecular weight excluding hydrogens is 290 g/mol. The molecule has 2 heteroatoms. The molecule has 0 radical (unpaired) electrons. The lowest BCUT2D eigenvalue weighted by Gasteiger charge is -2.38. The number of hydrogen-bond acceptors (Lipinski definition) is 0. The second-order valence-electron chi connectivity index (χ2n) is 7.90. The van der Waals surface area contributed by atoms with Crippen molar-refractivity contribution in [1.82, 2.24) is 0 Å². The Labute approximate surface area is 139 Å². The van der Waals surface area contributed by atoms with Gasteiger partial charge in [-0.3, -0.25) is 0 Å². The lowest BCUT2D eigenvalue weighted by atomic mass is 9.68. The summed E-state index contributed by atoms with van der Waals surface area (Å²) in [7, 11) is 0. The van der Waals surface area contributed by atoms with E-state index in [1.54, 1.807) is 13.0 Å². The molecule has 0 unspecified atom stereocenters. The maximum absolute atomic E-state index is 14.2. The third kappa shape index (κ3) is 3.61. The second kappa shape index (κ2) is 7.32. The molecule has 0 aromatic heterocycles. The van der Waals surface area contributed by atoms with Crippen LogP contribution in [-0.4, -0.2) is 0 Å². The molecule has 0 atom stereocenters. The molecule has 2 aliphatic rings. The minimum Gasteiger partial charge on any atom is -0.203 e.